The average Bonchev–Trinajstić information content (AvgIpc) is 1.00. The van der Waals surface area contributed by atoms with Crippen LogP contribution in [0.3, 0.4) is 0 Å². The molecule has 0 saturated carbocycles. The molecule has 0 aromatic heterocycles. The smallest absolute Gasteiger partial charge is 0 e. The Bertz CT molecular complexity index is 9.51. The van der Waals surface area contributed by atoms with E-state index in [1.807, 2.05) is 0 Å². The molecule has 2 nitrogen and oxygen atoms in total. The summed E-state index contributed by atoms with van der Waals surface area (Å²) >= 11 is 0. The average molecular weight is 106 g/mol. The minimum absolute atomic E-state index is 0. The summed E-state index contributed by atoms with van der Waals surface area (Å²) in [7, 11) is 0. The van der Waals surface area contributed by atoms with Crippen LogP contribution >= 0.6 is 0 Å². The van der Waals surface area contributed by atoms with Gasteiger partial charge in [0.05, 0.1) is 0 Å². The van der Waals surface area contributed by atoms with E-state index in [9.17, 15) is 0 Å². The van der Waals surface area contributed by atoms with Gasteiger partial charge in [-0.1, -0.05) is 0 Å². The Balaban J connectivity index is -0.000000000833. The quantitative estimate of drug-likeness (QED) is 0.303. The summed E-state index contributed by atoms with van der Waals surface area (Å²) in [6, 6.07) is 0. The maximum Gasteiger partial charge on any atom is 0 e. The molecule has 0 N–H and O–H groups in total. The van der Waals surface area contributed by atoms with Crippen LogP contribution in [-0.2, 0) is 11.0 Å². The van der Waals surface area contributed by atoms with Crippen molar-refractivity contribution in [3.63, 3.8) is 0 Å². The predicted octanol–water partition coefficient (Wildman–Crippen LogP) is -0.197. The van der Waals surface area contributed by atoms with Crippen LogP contribution in [-0.4, -0.2) is 59.1 Å². The molecule has 0 aliphatic heterocycles. The van der Waals surface area contributed by atoms with Gasteiger partial charge < -0.3 is 0 Å². The first kappa shape index (κ1) is 48.0. The largest absolute Gasteiger partial charge is 0.106 e. The molecule has 0 aromatic carbocycles. The molecule has 0 heterocycles. The SMILES string of the molecule is C=C.[Na].[Na].[O].[O]. The van der Waals surface area contributed by atoms with Crippen LogP contribution < -0.4 is 0 Å². The fourth-order valence-corrected chi connectivity index (χ4v) is 0. The van der Waals surface area contributed by atoms with Gasteiger partial charge in [0.15, 0.2) is 0 Å². The minimum Gasteiger partial charge on any atom is -0.106 e. The van der Waals surface area contributed by atoms with Gasteiger partial charge in [-0.05, 0) is 0 Å². The molecule has 0 atom stereocenters. The van der Waals surface area contributed by atoms with Gasteiger partial charge in [-0.15, -0.1) is 13.2 Å². The fourth-order valence-electron chi connectivity index (χ4n) is 0. The molecule has 26 valence electrons. The van der Waals surface area contributed by atoms with E-state index in [0.29, 0.717) is 0 Å². The summed E-state index contributed by atoms with van der Waals surface area (Å²) in [6.07, 6.45) is 0. The van der Waals surface area contributed by atoms with Crippen molar-refractivity contribution in [2.75, 3.05) is 0 Å². The van der Waals surface area contributed by atoms with E-state index in [-0.39, 0.29) is 70.1 Å². The number of rotatable bonds is 0. The van der Waals surface area contributed by atoms with E-state index < -0.39 is 0 Å². The van der Waals surface area contributed by atoms with E-state index in [1.165, 1.54) is 0 Å². The van der Waals surface area contributed by atoms with Crippen molar-refractivity contribution < 1.29 is 11.0 Å². The maximum absolute atomic E-state index is 3.00. The molecule has 0 aromatic rings. The van der Waals surface area contributed by atoms with E-state index in [4.69, 9.17) is 0 Å². The molecule has 0 saturated heterocycles. The number of hydrogen-bond donors (Lipinski definition) is 0. The Labute approximate surface area is 82.2 Å². The van der Waals surface area contributed by atoms with Crippen molar-refractivity contribution in [3.05, 3.63) is 13.2 Å². The van der Waals surface area contributed by atoms with Crippen LogP contribution in [0.1, 0.15) is 0 Å². The van der Waals surface area contributed by atoms with Crippen LogP contribution in [0.15, 0.2) is 13.2 Å². The first-order valence-electron chi connectivity index (χ1n) is 0.500. The minimum atomic E-state index is 0. The van der Waals surface area contributed by atoms with Crippen molar-refractivity contribution in [2.45, 2.75) is 0 Å². The zero-order valence-electron chi connectivity index (χ0n) is 4.23. The standard InChI is InChI=1S/C2H4.2Na.2O/c1-2;;;;/h1-2H2;;;;. The molecule has 6 heavy (non-hydrogen) atoms. The first-order chi connectivity index (χ1) is 1.00. The van der Waals surface area contributed by atoms with Crippen molar-refractivity contribution >= 4 is 59.1 Å². The van der Waals surface area contributed by atoms with Gasteiger partial charge in [0, 0.05) is 70.1 Å². The third-order valence-corrected chi connectivity index (χ3v) is 0. The predicted molar refractivity (Wildman–Crippen MR) is 24.1 cm³/mol. The Morgan fingerprint density at radius 1 is 0.667 bits per heavy atom. The Morgan fingerprint density at radius 2 is 0.667 bits per heavy atom. The second-order valence-corrected chi connectivity index (χ2v) is 0. The van der Waals surface area contributed by atoms with E-state index in [0.717, 1.165) is 0 Å². The van der Waals surface area contributed by atoms with Crippen LogP contribution in [0.2, 0.25) is 0 Å². The first-order valence-corrected chi connectivity index (χ1v) is 0.500. The van der Waals surface area contributed by atoms with Crippen LogP contribution in [0.25, 0.3) is 0 Å². The van der Waals surface area contributed by atoms with Crippen molar-refractivity contribution in [1.29, 1.82) is 0 Å². The molecule has 0 spiro atoms. The third-order valence-electron chi connectivity index (χ3n) is 0. The van der Waals surface area contributed by atoms with Crippen molar-refractivity contribution in [3.8, 4) is 0 Å². The van der Waals surface area contributed by atoms with Gasteiger partial charge in [0.2, 0.25) is 0 Å². The van der Waals surface area contributed by atoms with Gasteiger partial charge in [0.25, 0.3) is 0 Å². The fraction of sp³-hybridized carbons (Fsp3) is 0. The van der Waals surface area contributed by atoms with Crippen molar-refractivity contribution in [2.24, 2.45) is 0 Å². The molecule has 0 aliphatic rings. The third kappa shape index (κ3) is 44.6. The molecule has 0 rings (SSSR count). The summed E-state index contributed by atoms with van der Waals surface area (Å²) in [4.78, 5) is 0. The normalized spacial score (nSPS) is 0.667. The summed E-state index contributed by atoms with van der Waals surface area (Å²) in [6.45, 7) is 6.00. The molecule has 0 aliphatic carbocycles. The molecule has 0 unspecified atom stereocenters. The van der Waals surface area contributed by atoms with Crippen LogP contribution in [0, 0.1) is 0 Å². The van der Waals surface area contributed by atoms with Gasteiger partial charge in [-0.3, -0.25) is 0 Å². The van der Waals surface area contributed by atoms with Gasteiger partial charge in [-0.25, -0.2) is 0 Å². The van der Waals surface area contributed by atoms with Crippen LogP contribution in [0.4, 0.5) is 0 Å². The molecule has 6 radical (unpaired) electrons. The van der Waals surface area contributed by atoms with Gasteiger partial charge in [-0.2, -0.15) is 0 Å². The second kappa shape index (κ2) is 77.4. The number of hydrogen-bond acceptors (Lipinski definition) is 0. The Morgan fingerprint density at radius 3 is 0.667 bits per heavy atom. The van der Waals surface area contributed by atoms with Gasteiger partial charge >= 0.3 is 0 Å². The zero-order valence-corrected chi connectivity index (χ0v) is 8.23. The maximum atomic E-state index is 3.00. The second-order valence-electron chi connectivity index (χ2n) is 0. The Hall–Kier alpha value is 1.66. The van der Waals surface area contributed by atoms with Crippen molar-refractivity contribution in [1.82, 2.24) is 0 Å². The van der Waals surface area contributed by atoms with Gasteiger partial charge in [0.1, 0.15) is 0 Å². The van der Waals surface area contributed by atoms with E-state index >= 15 is 0 Å². The molecule has 4 heteroatoms. The molecule has 0 amide bonds. The summed E-state index contributed by atoms with van der Waals surface area (Å²) < 4.78 is 0. The Kier molecular flexibility index (Phi) is 620. The summed E-state index contributed by atoms with van der Waals surface area (Å²) in [5.74, 6) is 0. The molecule has 0 bridgehead atoms. The molecule has 0 fully saturated rings. The molecular weight excluding hydrogens is 102 g/mol. The summed E-state index contributed by atoms with van der Waals surface area (Å²) in [5.41, 5.74) is 0. The van der Waals surface area contributed by atoms with E-state index in [2.05, 4.69) is 13.2 Å². The summed E-state index contributed by atoms with van der Waals surface area (Å²) in [5, 5.41) is 0. The topological polar surface area (TPSA) is 57.0 Å². The monoisotopic (exact) mass is 106 g/mol. The zero-order chi connectivity index (χ0) is 2.00. The van der Waals surface area contributed by atoms with Crippen LogP contribution in [0.5, 0.6) is 0 Å². The van der Waals surface area contributed by atoms with E-state index in [1.54, 1.807) is 0 Å². The molecular formula is C2H4Na2O2.